The van der Waals surface area contributed by atoms with Crippen LogP contribution in [0.1, 0.15) is 16.1 Å². The van der Waals surface area contributed by atoms with Gasteiger partial charge in [-0.05, 0) is 34.1 Å². The lowest BCUT2D eigenvalue weighted by Gasteiger charge is -2.08. The molecule has 6 heteroatoms. The van der Waals surface area contributed by atoms with Crippen molar-refractivity contribution in [3.05, 3.63) is 52.0 Å². The number of nitrogens with zero attached hydrogens (tertiary/aromatic N) is 2. The molecule has 0 aliphatic rings. The predicted molar refractivity (Wildman–Crippen MR) is 68.5 cm³/mol. The zero-order chi connectivity index (χ0) is 13.1. The van der Waals surface area contributed by atoms with Gasteiger partial charge in [-0.3, -0.25) is 9.48 Å². The molecule has 0 aliphatic heterocycles. The first-order valence-corrected chi connectivity index (χ1v) is 6.08. The van der Waals surface area contributed by atoms with Crippen molar-refractivity contribution in [3.63, 3.8) is 0 Å². The highest BCUT2D eigenvalue weighted by Crippen LogP contribution is 2.19. The Kier molecular flexibility index (Phi) is 3.76. The summed E-state index contributed by atoms with van der Waals surface area (Å²) in [6.45, 7) is 0.302. The van der Waals surface area contributed by atoms with Crippen molar-refractivity contribution in [2.45, 2.75) is 6.54 Å². The Bertz CT molecular complexity index is 562. The lowest BCUT2D eigenvalue weighted by Crippen LogP contribution is -2.25. The molecule has 0 saturated heterocycles. The summed E-state index contributed by atoms with van der Waals surface area (Å²) in [7, 11) is 1.78. The third kappa shape index (κ3) is 2.59. The Morgan fingerprint density at radius 3 is 2.89 bits per heavy atom. The minimum Gasteiger partial charge on any atom is -0.346 e. The molecule has 0 spiro atoms. The van der Waals surface area contributed by atoms with Gasteiger partial charge in [0.05, 0.1) is 17.8 Å². The van der Waals surface area contributed by atoms with Crippen LogP contribution in [-0.4, -0.2) is 15.7 Å². The third-order valence-corrected chi connectivity index (χ3v) is 3.20. The number of aromatic nitrogens is 2. The minimum atomic E-state index is -0.549. The van der Waals surface area contributed by atoms with Crippen LogP contribution in [0, 0.1) is 5.82 Å². The van der Waals surface area contributed by atoms with E-state index in [4.69, 9.17) is 0 Å². The Morgan fingerprint density at radius 1 is 1.50 bits per heavy atom. The number of benzene rings is 1. The molecule has 0 saturated carbocycles. The lowest BCUT2D eigenvalue weighted by molar-refractivity contribution is 0.0945. The third-order valence-electron chi connectivity index (χ3n) is 2.54. The average molecular weight is 312 g/mol. The molecule has 94 valence electrons. The van der Waals surface area contributed by atoms with Crippen LogP contribution in [0.3, 0.4) is 0 Å². The second-order valence-electron chi connectivity index (χ2n) is 3.73. The molecular weight excluding hydrogens is 301 g/mol. The van der Waals surface area contributed by atoms with E-state index in [-0.39, 0.29) is 5.56 Å². The van der Waals surface area contributed by atoms with Gasteiger partial charge in [-0.1, -0.05) is 6.07 Å². The van der Waals surface area contributed by atoms with Crippen molar-refractivity contribution >= 4 is 21.8 Å². The summed E-state index contributed by atoms with van der Waals surface area (Å²) in [4.78, 5) is 11.9. The van der Waals surface area contributed by atoms with Crippen LogP contribution in [0.5, 0.6) is 0 Å². The van der Waals surface area contributed by atoms with Crippen LogP contribution in [0.4, 0.5) is 4.39 Å². The van der Waals surface area contributed by atoms with Gasteiger partial charge < -0.3 is 5.32 Å². The van der Waals surface area contributed by atoms with Gasteiger partial charge >= 0.3 is 0 Å². The molecule has 18 heavy (non-hydrogen) atoms. The fraction of sp³-hybridized carbons (Fsp3) is 0.167. The van der Waals surface area contributed by atoms with E-state index in [0.717, 1.165) is 5.69 Å². The van der Waals surface area contributed by atoms with Crippen LogP contribution < -0.4 is 5.32 Å². The summed E-state index contributed by atoms with van der Waals surface area (Å²) in [5, 5.41) is 6.64. The Morgan fingerprint density at radius 2 is 2.28 bits per heavy atom. The molecule has 1 aromatic heterocycles. The fourth-order valence-electron chi connectivity index (χ4n) is 1.55. The number of aryl methyl sites for hydroxylation is 1. The molecule has 1 heterocycles. The molecule has 2 rings (SSSR count). The molecule has 2 aromatic rings. The number of hydrogen-bond acceptors (Lipinski definition) is 2. The van der Waals surface area contributed by atoms with Crippen molar-refractivity contribution in [2.24, 2.45) is 7.05 Å². The summed E-state index contributed by atoms with van der Waals surface area (Å²) in [6.07, 6.45) is 1.64. The van der Waals surface area contributed by atoms with E-state index < -0.39 is 11.7 Å². The SMILES string of the molecule is Cn1nccc1CNC(=O)c1c(F)cccc1Br. The van der Waals surface area contributed by atoms with Gasteiger partial charge in [-0.2, -0.15) is 5.10 Å². The second-order valence-corrected chi connectivity index (χ2v) is 4.58. The monoisotopic (exact) mass is 311 g/mol. The van der Waals surface area contributed by atoms with Gasteiger partial charge in [0, 0.05) is 17.7 Å². The minimum absolute atomic E-state index is 0.0136. The van der Waals surface area contributed by atoms with Gasteiger partial charge in [-0.25, -0.2) is 4.39 Å². The topological polar surface area (TPSA) is 46.9 Å². The average Bonchev–Trinajstić information content (AvgIpc) is 2.72. The second kappa shape index (κ2) is 5.30. The fourth-order valence-corrected chi connectivity index (χ4v) is 2.07. The largest absolute Gasteiger partial charge is 0.346 e. The molecule has 0 fully saturated rings. The molecule has 0 atom stereocenters. The van der Waals surface area contributed by atoms with E-state index in [1.165, 1.54) is 12.1 Å². The summed E-state index contributed by atoms with van der Waals surface area (Å²) in [5.41, 5.74) is 0.857. The Hall–Kier alpha value is -1.69. The molecular formula is C12H11BrFN3O. The molecule has 0 unspecified atom stereocenters. The summed E-state index contributed by atoms with van der Waals surface area (Å²) < 4.78 is 15.6. The molecule has 4 nitrogen and oxygen atoms in total. The highest BCUT2D eigenvalue weighted by molar-refractivity contribution is 9.10. The van der Waals surface area contributed by atoms with Crippen molar-refractivity contribution < 1.29 is 9.18 Å². The maximum Gasteiger partial charge on any atom is 0.255 e. The van der Waals surface area contributed by atoms with E-state index in [2.05, 4.69) is 26.3 Å². The van der Waals surface area contributed by atoms with E-state index in [9.17, 15) is 9.18 Å². The van der Waals surface area contributed by atoms with Crippen LogP contribution in [0.2, 0.25) is 0 Å². The first-order valence-electron chi connectivity index (χ1n) is 5.28. The Balaban J connectivity index is 2.11. The van der Waals surface area contributed by atoms with Gasteiger partial charge in [0.2, 0.25) is 0 Å². The Labute approximate surface area is 112 Å². The number of halogens is 2. The zero-order valence-corrected chi connectivity index (χ0v) is 11.2. The van der Waals surface area contributed by atoms with Crippen LogP contribution in [-0.2, 0) is 13.6 Å². The van der Waals surface area contributed by atoms with Crippen molar-refractivity contribution in [2.75, 3.05) is 0 Å². The normalized spacial score (nSPS) is 10.4. The first kappa shape index (κ1) is 12.8. The molecule has 1 amide bonds. The quantitative estimate of drug-likeness (QED) is 0.945. The zero-order valence-electron chi connectivity index (χ0n) is 9.65. The van der Waals surface area contributed by atoms with E-state index in [1.807, 2.05) is 0 Å². The summed E-state index contributed by atoms with van der Waals surface area (Å²) in [5.74, 6) is -1.01. The van der Waals surface area contributed by atoms with Crippen LogP contribution in [0.15, 0.2) is 34.9 Å². The number of amides is 1. The van der Waals surface area contributed by atoms with Crippen molar-refractivity contribution in [1.82, 2.24) is 15.1 Å². The number of nitrogens with one attached hydrogen (secondary N) is 1. The molecule has 1 N–H and O–H groups in total. The van der Waals surface area contributed by atoms with Crippen LogP contribution in [0.25, 0.3) is 0 Å². The summed E-state index contributed by atoms with van der Waals surface area (Å²) in [6, 6.07) is 6.21. The first-order chi connectivity index (χ1) is 8.59. The summed E-state index contributed by atoms with van der Waals surface area (Å²) >= 11 is 3.16. The smallest absolute Gasteiger partial charge is 0.255 e. The molecule has 1 aromatic carbocycles. The van der Waals surface area contributed by atoms with Gasteiger partial charge in [0.1, 0.15) is 5.82 Å². The number of rotatable bonds is 3. The molecule has 0 aliphatic carbocycles. The van der Waals surface area contributed by atoms with Crippen molar-refractivity contribution in [1.29, 1.82) is 0 Å². The number of hydrogen-bond donors (Lipinski definition) is 1. The van der Waals surface area contributed by atoms with Gasteiger partial charge in [-0.15, -0.1) is 0 Å². The predicted octanol–water partition coefficient (Wildman–Crippen LogP) is 2.25. The maximum absolute atomic E-state index is 13.5. The number of carbonyl (C=O) groups is 1. The van der Waals surface area contributed by atoms with Gasteiger partial charge in [0.25, 0.3) is 5.91 Å². The highest BCUT2D eigenvalue weighted by atomic mass is 79.9. The van der Waals surface area contributed by atoms with E-state index >= 15 is 0 Å². The van der Waals surface area contributed by atoms with E-state index in [1.54, 1.807) is 30.1 Å². The van der Waals surface area contributed by atoms with E-state index in [0.29, 0.717) is 11.0 Å². The standard InChI is InChI=1S/C12H11BrFN3O/c1-17-8(5-6-16-17)7-15-12(18)11-9(13)3-2-4-10(11)14/h2-6H,7H2,1H3,(H,15,18). The highest BCUT2D eigenvalue weighted by Gasteiger charge is 2.15. The number of carbonyl (C=O) groups excluding carboxylic acids is 1. The maximum atomic E-state index is 13.5. The van der Waals surface area contributed by atoms with Crippen LogP contribution >= 0.6 is 15.9 Å². The molecule has 0 radical (unpaired) electrons. The van der Waals surface area contributed by atoms with Gasteiger partial charge in [0.15, 0.2) is 0 Å². The lowest BCUT2D eigenvalue weighted by atomic mass is 10.2. The van der Waals surface area contributed by atoms with Crippen molar-refractivity contribution in [3.8, 4) is 0 Å². The molecule has 0 bridgehead atoms.